The van der Waals surface area contributed by atoms with Crippen LogP contribution in [0.25, 0.3) is 0 Å². The van der Waals surface area contributed by atoms with Crippen LogP contribution in [0, 0.1) is 6.92 Å². The number of para-hydroxylation sites is 1. The first-order valence-corrected chi connectivity index (χ1v) is 7.07. The van der Waals surface area contributed by atoms with Crippen molar-refractivity contribution >= 4 is 0 Å². The highest BCUT2D eigenvalue weighted by molar-refractivity contribution is 5.36. The minimum absolute atomic E-state index is 0.455. The van der Waals surface area contributed by atoms with Crippen LogP contribution in [-0.4, -0.2) is 20.7 Å². The Balaban J connectivity index is 2.25. The standard InChI is InChI=1S/C18H23NO/c1-14-7-6-9-15(11-14)17(13-19-2)12-16-8-4-5-10-18(16)20-3/h4-11,17,19H,12-13H2,1-3H3. The second-order valence-electron chi connectivity index (χ2n) is 5.18. The first-order valence-electron chi connectivity index (χ1n) is 7.07. The average Bonchev–Trinajstić information content (AvgIpc) is 2.47. The van der Waals surface area contributed by atoms with Crippen LogP contribution in [0.15, 0.2) is 48.5 Å². The van der Waals surface area contributed by atoms with Gasteiger partial charge in [0, 0.05) is 12.5 Å². The van der Waals surface area contributed by atoms with Gasteiger partial charge >= 0.3 is 0 Å². The Labute approximate surface area is 121 Å². The van der Waals surface area contributed by atoms with Crippen LogP contribution < -0.4 is 10.1 Å². The van der Waals surface area contributed by atoms with Crippen LogP contribution in [-0.2, 0) is 6.42 Å². The molecule has 2 heteroatoms. The zero-order valence-electron chi connectivity index (χ0n) is 12.5. The van der Waals surface area contributed by atoms with Gasteiger partial charge in [-0.05, 0) is 37.6 Å². The number of likely N-dealkylation sites (N-methyl/N-ethyl adjacent to an activating group) is 1. The largest absolute Gasteiger partial charge is 0.496 e. The van der Waals surface area contributed by atoms with E-state index in [0.717, 1.165) is 18.7 Å². The molecule has 20 heavy (non-hydrogen) atoms. The Morgan fingerprint density at radius 1 is 1.10 bits per heavy atom. The third-order valence-corrected chi connectivity index (χ3v) is 3.62. The summed E-state index contributed by atoms with van der Waals surface area (Å²) in [5.41, 5.74) is 3.95. The molecule has 2 aromatic rings. The molecule has 0 heterocycles. The number of methoxy groups -OCH3 is 1. The van der Waals surface area contributed by atoms with Crippen LogP contribution in [0.2, 0.25) is 0 Å². The van der Waals surface area contributed by atoms with Crippen molar-refractivity contribution in [3.8, 4) is 5.75 Å². The molecule has 2 rings (SSSR count). The fraction of sp³-hybridized carbons (Fsp3) is 0.333. The molecular weight excluding hydrogens is 246 g/mol. The average molecular weight is 269 g/mol. The van der Waals surface area contributed by atoms with E-state index in [4.69, 9.17) is 4.74 Å². The van der Waals surface area contributed by atoms with Crippen molar-refractivity contribution in [3.63, 3.8) is 0 Å². The minimum Gasteiger partial charge on any atom is -0.496 e. The van der Waals surface area contributed by atoms with E-state index in [-0.39, 0.29) is 0 Å². The predicted octanol–water partition coefficient (Wildman–Crippen LogP) is 3.55. The Bertz CT molecular complexity index is 551. The summed E-state index contributed by atoms with van der Waals surface area (Å²) in [5.74, 6) is 1.43. The van der Waals surface area contributed by atoms with Crippen LogP contribution >= 0.6 is 0 Å². The van der Waals surface area contributed by atoms with E-state index in [0.29, 0.717) is 5.92 Å². The first-order chi connectivity index (χ1) is 9.74. The summed E-state index contributed by atoms with van der Waals surface area (Å²) in [6.45, 7) is 3.10. The molecule has 0 saturated heterocycles. The van der Waals surface area contributed by atoms with Crippen molar-refractivity contribution in [2.24, 2.45) is 0 Å². The van der Waals surface area contributed by atoms with Gasteiger partial charge in [0.15, 0.2) is 0 Å². The van der Waals surface area contributed by atoms with Crippen LogP contribution in [0.3, 0.4) is 0 Å². The summed E-state index contributed by atoms with van der Waals surface area (Å²) >= 11 is 0. The number of ether oxygens (including phenoxy) is 1. The van der Waals surface area contributed by atoms with E-state index in [2.05, 4.69) is 48.6 Å². The lowest BCUT2D eigenvalue weighted by molar-refractivity contribution is 0.407. The molecule has 0 aliphatic rings. The monoisotopic (exact) mass is 269 g/mol. The Hall–Kier alpha value is -1.80. The molecule has 0 aliphatic heterocycles. The molecule has 0 fully saturated rings. The molecule has 0 spiro atoms. The maximum Gasteiger partial charge on any atom is 0.122 e. The summed E-state index contributed by atoms with van der Waals surface area (Å²) in [4.78, 5) is 0. The minimum atomic E-state index is 0.455. The zero-order valence-corrected chi connectivity index (χ0v) is 12.5. The summed E-state index contributed by atoms with van der Waals surface area (Å²) < 4.78 is 5.46. The molecule has 1 atom stereocenters. The first kappa shape index (κ1) is 14.6. The third kappa shape index (κ3) is 3.61. The maximum absolute atomic E-state index is 5.46. The Morgan fingerprint density at radius 2 is 1.90 bits per heavy atom. The van der Waals surface area contributed by atoms with Gasteiger partial charge in [-0.3, -0.25) is 0 Å². The Morgan fingerprint density at radius 3 is 2.60 bits per heavy atom. The van der Waals surface area contributed by atoms with Crippen molar-refractivity contribution in [1.29, 1.82) is 0 Å². The maximum atomic E-state index is 5.46. The van der Waals surface area contributed by atoms with E-state index >= 15 is 0 Å². The number of benzene rings is 2. The van der Waals surface area contributed by atoms with E-state index in [1.54, 1.807) is 7.11 Å². The highest BCUT2D eigenvalue weighted by Crippen LogP contribution is 2.26. The van der Waals surface area contributed by atoms with Crippen molar-refractivity contribution in [3.05, 3.63) is 65.2 Å². The van der Waals surface area contributed by atoms with Crippen LogP contribution in [0.5, 0.6) is 5.75 Å². The van der Waals surface area contributed by atoms with Gasteiger partial charge in [-0.1, -0.05) is 48.0 Å². The molecule has 0 bridgehead atoms. The van der Waals surface area contributed by atoms with Gasteiger partial charge < -0.3 is 10.1 Å². The highest BCUT2D eigenvalue weighted by Gasteiger charge is 2.14. The number of nitrogens with one attached hydrogen (secondary N) is 1. The lowest BCUT2D eigenvalue weighted by Crippen LogP contribution is -2.19. The number of hydrogen-bond donors (Lipinski definition) is 1. The second kappa shape index (κ2) is 7.11. The van der Waals surface area contributed by atoms with Gasteiger partial charge in [0.2, 0.25) is 0 Å². The summed E-state index contributed by atoms with van der Waals surface area (Å²) in [6, 6.07) is 17.0. The third-order valence-electron chi connectivity index (χ3n) is 3.62. The van der Waals surface area contributed by atoms with E-state index in [1.807, 2.05) is 19.2 Å². The number of aryl methyl sites for hydroxylation is 1. The molecule has 1 N–H and O–H groups in total. The van der Waals surface area contributed by atoms with Gasteiger partial charge in [0.25, 0.3) is 0 Å². The number of hydrogen-bond acceptors (Lipinski definition) is 2. The lowest BCUT2D eigenvalue weighted by Gasteiger charge is -2.19. The molecule has 2 aromatic carbocycles. The van der Waals surface area contributed by atoms with Crippen molar-refractivity contribution in [2.75, 3.05) is 20.7 Å². The van der Waals surface area contributed by atoms with Gasteiger partial charge in [-0.15, -0.1) is 0 Å². The van der Waals surface area contributed by atoms with Crippen molar-refractivity contribution in [2.45, 2.75) is 19.3 Å². The smallest absolute Gasteiger partial charge is 0.122 e. The number of rotatable bonds is 6. The van der Waals surface area contributed by atoms with Crippen molar-refractivity contribution < 1.29 is 4.74 Å². The molecule has 0 radical (unpaired) electrons. The summed E-state index contributed by atoms with van der Waals surface area (Å²) in [5, 5.41) is 3.30. The predicted molar refractivity (Wildman–Crippen MR) is 84.5 cm³/mol. The van der Waals surface area contributed by atoms with Gasteiger partial charge in [0.05, 0.1) is 7.11 Å². The van der Waals surface area contributed by atoms with Crippen LogP contribution in [0.4, 0.5) is 0 Å². The quantitative estimate of drug-likeness (QED) is 0.866. The molecule has 2 nitrogen and oxygen atoms in total. The molecule has 0 amide bonds. The molecule has 1 unspecified atom stereocenters. The van der Waals surface area contributed by atoms with E-state index < -0.39 is 0 Å². The van der Waals surface area contributed by atoms with Crippen LogP contribution in [0.1, 0.15) is 22.6 Å². The molecule has 0 aliphatic carbocycles. The van der Waals surface area contributed by atoms with Gasteiger partial charge in [-0.25, -0.2) is 0 Å². The second-order valence-corrected chi connectivity index (χ2v) is 5.18. The molecule has 106 valence electrons. The molecular formula is C18H23NO. The fourth-order valence-corrected chi connectivity index (χ4v) is 2.62. The zero-order chi connectivity index (χ0) is 14.4. The Kier molecular flexibility index (Phi) is 5.19. The highest BCUT2D eigenvalue weighted by atomic mass is 16.5. The van der Waals surface area contributed by atoms with E-state index in [9.17, 15) is 0 Å². The lowest BCUT2D eigenvalue weighted by atomic mass is 9.90. The topological polar surface area (TPSA) is 21.3 Å². The van der Waals surface area contributed by atoms with E-state index in [1.165, 1.54) is 16.7 Å². The van der Waals surface area contributed by atoms with Gasteiger partial charge in [-0.2, -0.15) is 0 Å². The van der Waals surface area contributed by atoms with Crippen molar-refractivity contribution in [1.82, 2.24) is 5.32 Å². The summed E-state index contributed by atoms with van der Waals surface area (Å²) in [6.07, 6.45) is 0.980. The molecule has 0 aromatic heterocycles. The van der Waals surface area contributed by atoms with Gasteiger partial charge in [0.1, 0.15) is 5.75 Å². The fourth-order valence-electron chi connectivity index (χ4n) is 2.62. The molecule has 0 saturated carbocycles. The summed E-state index contributed by atoms with van der Waals surface area (Å²) in [7, 11) is 3.74. The SMILES string of the molecule is CNCC(Cc1ccccc1OC)c1cccc(C)c1. The normalized spacial score (nSPS) is 12.2.